The number of thioether (sulfide) groups is 1. The highest BCUT2D eigenvalue weighted by Gasteiger charge is 2.07. The van der Waals surface area contributed by atoms with E-state index >= 15 is 0 Å². The van der Waals surface area contributed by atoms with Gasteiger partial charge in [-0.25, -0.2) is 4.98 Å². The van der Waals surface area contributed by atoms with E-state index in [4.69, 9.17) is 10.2 Å². The number of pyridine rings is 1. The van der Waals surface area contributed by atoms with Crippen LogP contribution in [0.15, 0.2) is 34.2 Å². The van der Waals surface area contributed by atoms with Gasteiger partial charge in [-0.15, -0.1) is 10.2 Å². The standard InChI is InChI=1S/C12H13N5OS/c1-8-2-3-10-14-9(6-17(10)5-8)7-19-12-16-15-11(4-13)18-12/h2-3,5-6H,4,7,13H2,1H3. The molecule has 3 heterocycles. The zero-order valence-electron chi connectivity index (χ0n) is 10.4. The third-order valence-corrected chi connectivity index (χ3v) is 3.47. The van der Waals surface area contributed by atoms with Crippen LogP contribution in [0.3, 0.4) is 0 Å². The second-order valence-corrected chi connectivity index (χ2v) is 5.09. The number of nitrogens with zero attached hydrogens (tertiary/aromatic N) is 4. The van der Waals surface area contributed by atoms with E-state index in [0.717, 1.165) is 11.3 Å². The first-order chi connectivity index (χ1) is 9.24. The molecule has 6 nitrogen and oxygen atoms in total. The molecule has 0 aromatic carbocycles. The minimum Gasteiger partial charge on any atom is -0.415 e. The quantitative estimate of drug-likeness (QED) is 0.731. The van der Waals surface area contributed by atoms with E-state index in [9.17, 15) is 0 Å². The van der Waals surface area contributed by atoms with Gasteiger partial charge in [0.05, 0.1) is 12.2 Å². The Balaban J connectivity index is 1.74. The fraction of sp³-hybridized carbons (Fsp3) is 0.250. The third kappa shape index (κ3) is 2.61. The Hall–Kier alpha value is -1.86. The number of aryl methyl sites for hydroxylation is 1. The van der Waals surface area contributed by atoms with Crippen LogP contribution < -0.4 is 5.73 Å². The number of imidazole rings is 1. The second-order valence-electron chi connectivity index (χ2n) is 4.16. The van der Waals surface area contributed by atoms with Crippen LogP contribution in [-0.2, 0) is 12.3 Å². The van der Waals surface area contributed by atoms with Crippen molar-refractivity contribution < 1.29 is 4.42 Å². The van der Waals surface area contributed by atoms with Crippen molar-refractivity contribution >= 4 is 17.4 Å². The van der Waals surface area contributed by atoms with Crippen LogP contribution in [0.4, 0.5) is 0 Å². The van der Waals surface area contributed by atoms with E-state index in [-0.39, 0.29) is 6.54 Å². The van der Waals surface area contributed by atoms with Gasteiger partial charge in [-0.05, 0) is 18.6 Å². The van der Waals surface area contributed by atoms with Gasteiger partial charge >= 0.3 is 0 Å². The van der Waals surface area contributed by atoms with Crippen molar-refractivity contribution in [2.45, 2.75) is 24.4 Å². The molecule has 0 bridgehead atoms. The highest BCUT2D eigenvalue weighted by molar-refractivity contribution is 7.98. The summed E-state index contributed by atoms with van der Waals surface area (Å²) in [6.45, 7) is 2.32. The zero-order valence-corrected chi connectivity index (χ0v) is 11.2. The Kier molecular flexibility index (Phi) is 3.22. The average molecular weight is 275 g/mol. The van der Waals surface area contributed by atoms with Crippen molar-refractivity contribution in [3.63, 3.8) is 0 Å². The highest BCUT2D eigenvalue weighted by Crippen LogP contribution is 2.21. The lowest BCUT2D eigenvalue weighted by atomic mass is 10.3. The summed E-state index contributed by atoms with van der Waals surface area (Å²) < 4.78 is 7.35. The molecule has 0 aliphatic heterocycles. The number of rotatable bonds is 4. The molecule has 3 aromatic heterocycles. The van der Waals surface area contributed by atoms with E-state index in [2.05, 4.69) is 28.3 Å². The molecule has 0 fully saturated rings. The lowest BCUT2D eigenvalue weighted by Crippen LogP contribution is -1.95. The van der Waals surface area contributed by atoms with Crippen molar-refractivity contribution in [1.29, 1.82) is 0 Å². The summed E-state index contributed by atoms with van der Waals surface area (Å²) in [4.78, 5) is 4.52. The molecule has 98 valence electrons. The van der Waals surface area contributed by atoms with Gasteiger partial charge in [0.25, 0.3) is 5.22 Å². The van der Waals surface area contributed by atoms with E-state index in [1.807, 2.05) is 22.7 Å². The van der Waals surface area contributed by atoms with Gasteiger partial charge in [0, 0.05) is 18.1 Å². The third-order valence-electron chi connectivity index (χ3n) is 2.62. The predicted octanol–water partition coefficient (Wildman–Crippen LogP) is 1.78. The van der Waals surface area contributed by atoms with Gasteiger partial charge in [-0.1, -0.05) is 17.8 Å². The first-order valence-electron chi connectivity index (χ1n) is 5.84. The first kappa shape index (κ1) is 12.2. The zero-order chi connectivity index (χ0) is 13.2. The van der Waals surface area contributed by atoms with Crippen LogP contribution in [0.2, 0.25) is 0 Å². The van der Waals surface area contributed by atoms with Crippen molar-refractivity contribution in [2.75, 3.05) is 0 Å². The Labute approximate surface area is 114 Å². The Morgan fingerprint density at radius 2 is 2.21 bits per heavy atom. The Bertz CT molecular complexity index is 705. The maximum absolute atomic E-state index is 5.41. The summed E-state index contributed by atoms with van der Waals surface area (Å²) in [7, 11) is 0. The van der Waals surface area contributed by atoms with Gasteiger partial charge < -0.3 is 14.6 Å². The van der Waals surface area contributed by atoms with Crippen molar-refractivity contribution in [1.82, 2.24) is 19.6 Å². The van der Waals surface area contributed by atoms with E-state index in [1.165, 1.54) is 17.3 Å². The topological polar surface area (TPSA) is 82.2 Å². The molecule has 3 aromatic rings. The molecule has 0 amide bonds. The lowest BCUT2D eigenvalue weighted by Gasteiger charge is -1.93. The molecule has 3 rings (SSSR count). The molecule has 2 N–H and O–H groups in total. The molecule has 0 saturated heterocycles. The Morgan fingerprint density at radius 3 is 3.00 bits per heavy atom. The lowest BCUT2D eigenvalue weighted by molar-refractivity contribution is 0.414. The van der Waals surface area contributed by atoms with Gasteiger partial charge in [0.15, 0.2) is 0 Å². The molecular formula is C12H13N5OS. The largest absolute Gasteiger partial charge is 0.415 e. The number of nitrogens with two attached hydrogens (primary N) is 1. The number of aromatic nitrogens is 4. The Morgan fingerprint density at radius 1 is 1.32 bits per heavy atom. The summed E-state index contributed by atoms with van der Waals surface area (Å²) in [6.07, 6.45) is 4.06. The fourth-order valence-electron chi connectivity index (χ4n) is 1.74. The molecule has 0 saturated carbocycles. The minimum absolute atomic E-state index is 0.265. The van der Waals surface area contributed by atoms with Crippen molar-refractivity contribution in [2.24, 2.45) is 5.73 Å². The summed E-state index contributed by atoms with van der Waals surface area (Å²) in [5.41, 5.74) is 8.53. The molecule has 0 aliphatic rings. The van der Waals surface area contributed by atoms with Crippen LogP contribution >= 0.6 is 11.8 Å². The summed E-state index contributed by atoms with van der Waals surface area (Å²) in [5.74, 6) is 1.14. The minimum atomic E-state index is 0.265. The maximum Gasteiger partial charge on any atom is 0.277 e. The van der Waals surface area contributed by atoms with Gasteiger partial charge in [-0.2, -0.15) is 0 Å². The fourth-order valence-corrected chi connectivity index (χ4v) is 2.40. The van der Waals surface area contributed by atoms with E-state index in [1.54, 1.807) is 0 Å². The predicted molar refractivity (Wildman–Crippen MR) is 71.7 cm³/mol. The molecule has 0 radical (unpaired) electrons. The van der Waals surface area contributed by atoms with Crippen LogP contribution in [0.5, 0.6) is 0 Å². The summed E-state index contributed by atoms with van der Waals surface area (Å²) in [5, 5.41) is 8.24. The summed E-state index contributed by atoms with van der Waals surface area (Å²) in [6, 6.07) is 4.05. The molecule has 0 atom stereocenters. The molecule has 0 spiro atoms. The number of hydrogen-bond donors (Lipinski definition) is 1. The van der Waals surface area contributed by atoms with E-state index in [0.29, 0.717) is 16.9 Å². The monoisotopic (exact) mass is 275 g/mol. The van der Waals surface area contributed by atoms with Crippen molar-refractivity contribution in [3.05, 3.63) is 41.7 Å². The van der Waals surface area contributed by atoms with Crippen LogP contribution in [0.1, 0.15) is 17.1 Å². The average Bonchev–Trinajstić information content (AvgIpc) is 3.01. The normalized spacial score (nSPS) is 11.3. The second kappa shape index (κ2) is 5.02. The molecule has 7 heteroatoms. The van der Waals surface area contributed by atoms with Gasteiger partial charge in [-0.3, -0.25) is 0 Å². The van der Waals surface area contributed by atoms with Gasteiger partial charge in [0.2, 0.25) is 5.89 Å². The SMILES string of the molecule is Cc1ccc2nc(CSc3nnc(CN)o3)cn2c1. The van der Waals surface area contributed by atoms with E-state index < -0.39 is 0 Å². The van der Waals surface area contributed by atoms with Gasteiger partial charge in [0.1, 0.15) is 5.65 Å². The maximum atomic E-state index is 5.41. The van der Waals surface area contributed by atoms with Crippen molar-refractivity contribution in [3.8, 4) is 0 Å². The van der Waals surface area contributed by atoms with Crippen LogP contribution in [0, 0.1) is 6.92 Å². The van der Waals surface area contributed by atoms with Crippen LogP contribution in [-0.4, -0.2) is 19.6 Å². The number of fused-ring (bicyclic) bond motifs is 1. The van der Waals surface area contributed by atoms with Crippen LogP contribution in [0.25, 0.3) is 5.65 Å². The molecule has 19 heavy (non-hydrogen) atoms. The first-order valence-corrected chi connectivity index (χ1v) is 6.82. The molecule has 0 aliphatic carbocycles. The molecule has 0 unspecified atom stereocenters. The number of hydrogen-bond acceptors (Lipinski definition) is 6. The summed E-state index contributed by atoms with van der Waals surface area (Å²) >= 11 is 1.46. The molecular weight excluding hydrogens is 262 g/mol. The highest BCUT2D eigenvalue weighted by atomic mass is 32.2. The smallest absolute Gasteiger partial charge is 0.277 e.